The number of aryl methyl sites for hydroxylation is 1. The molecule has 0 aliphatic rings. The monoisotopic (exact) mass is 223 g/mol. The van der Waals surface area contributed by atoms with E-state index in [1.54, 1.807) is 6.92 Å². The van der Waals surface area contributed by atoms with Gasteiger partial charge in [0.2, 0.25) is 5.95 Å². The summed E-state index contributed by atoms with van der Waals surface area (Å²) < 4.78 is 0. The Labute approximate surface area is 94.9 Å². The average Bonchev–Trinajstić information content (AvgIpc) is 2.16. The van der Waals surface area contributed by atoms with Crippen LogP contribution < -0.4 is 5.32 Å². The molecule has 5 heteroatoms. The van der Waals surface area contributed by atoms with E-state index in [4.69, 9.17) is 5.11 Å². The molecule has 0 saturated heterocycles. The van der Waals surface area contributed by atoms with Crippen LogP contribution in [-0.4, -0.2) is 26.6 Å². The fourth-order valence-electron chi connectivity index (χ4n) is 1.13. The SMILES string of the molecule is CCC(C)(C)Nc1ncc(C(=O)O)c(C)n1. The van der Waals surface area contributed by atoms with E-state index in [0.717, 1.165) is 6.42 Å². The molecule has 16 heavy (non-hydrogen) atoms. The molecule has 0 aliphatic heterocycles. The van der Waals surface area contributed by atoms with Gasteiger partial charge in [0, 0.05) is 11.7 Å². The first-order chi connectivity index (χ1) is 7.35. The molecule has 0 fully saturated rings. The summed E-state index contributed by atoms with van der Waals surface area (Å²) in [5.74, 6) is -0.534. The normalized spacial score (nSPS) is 11.2. The standard InChI is InChI=1S/C11H17N3O2/c1-5-11(3,4)14-10-12-6-8(9(15)16)7(2)13-10/h6H,5H2,1-4H3,(H,15,16)(H,12,13,14). The second kappa shape index (κ2) is 4.47. The number of carboxylic acids is 1. The highest BCUT2D eigenvalue weighted by Crippen LogP contribution is 2.15. The number of anilines is 1. The average molecular weight is 223 g/mol. The summed E-state index contributed by atoms with van der Waals surface area (Å²) in [5.41, 5.74) is 0.508. The highest BCUT2D eigenvalue weighted by Gasteiger charge is 2.17. The van der Waals surface area contributed by atoms with Crippen LogP contribution in [0.3, 0.4) is 0 Å². The summed E-state index contributed by atoms with van der Waals surface area (Å²) in [6.07, 6.45) is 2.26. The van der Waals surface area contributed by atoms with Crippen molar-refractivity contribution in [1.82, 2.24) is 9.97 Å². The Morgan fingerprint density at radius 3 is 2.62 bits per heavy atom. The predicted octanol–water partition coefficient (Wildman–Crippen LogP) is 2.08. The zero-order valence-corrected chi connectivity index (χ0v) is 10.0. The van der Waals surface area contributed by atoms with Gasteiger partial charge in [-0.25, -0.2) is 14.8 Å². The van der Waals surface area contributed by atoms with Gasteiger partial charge in [0.05, 0.1) is 11.3 Å². The topological polar surface area (TPSA) is 75.1 Å². The fraction of sp³-hybridized carbons (Fsp3) is 0.545. The van der Waals surface area contributed by atoms with Gasteiger partial charge in [-0.05, 0) is 27.2 Å². The number of rotatable bonds is 4. The Hall–Kier alpha value is -1.65. The van der Waals surface area contributed by atoms with Gasteiger partial charge >= 0.3 is 5.97 Å². The summed E-state index contributed by atoms with van der Waals surface area (Å²) in [4.78, 5) is 18.9. The van der Waals surface area contributed by atoms with Crippen LogP contribution >= 0.6 is 0 Å². The fourth-order valence-corrected chi connectivity index (χ4v) is 1.13. The minimum absolute atomic E-state index is 0.100. The van der Waals surface area contributed by atoms with E-state index < -0.39 is 5.97 Å². The minimum Gasteiger partial charge on any atom is -0.478 e. The number of nitrogens with one attached hydrogen (secondary N) is 1. The van der Waals surface area contributed by atoms with Crippen LogP contribution in [0.4, 0.5) is 5.95 Å². The molecule has 0 amide bonds. The lowest BCUT2D eigenvalue weighted by Crippen LogP contribution is -2.30. The second-order valence-electron chi connectivity index (χ2n) is 4.36. The van der Waals surface area contributed by atoms with Crippen LogP contribution in [0.5, 0.6) is 0 Å². The van der Waals surface area contributed by atoms with Gasteiger partial charge in [0.1, 0.15) is 0 Å². The largest absolute Gasteiger partial charge is 0.478 e. The summed E-state index contributed by atoms with van der Waals surface area (Å²) in [6, 6.07) is 0. The van der Waals surface area contributed by atoms with Gasteiger partial charge in [-0.1, -0.05) is 6.92 Å². The molecule has 0 radical (unpaired) electrons. The maximum Gasteiger partial charge on any atom is 0.339 e. The third kappa shape index (κ3) is 2.92. The van der Waals surface area contributed by atoms with Crippen molar-refractivity contribution in [2.45, 2.75) is 39.7 Å². The Morgan fingerprint density at radius 2 is 2.19 bits per heavy atom. The Bertz CT molecular complexity index is 402. The van der Waals surface area contributed by atoms with E-state index in [2.05, 4.69) is 22.2 Å². The first kappa shape index (κ1) is 12.4. The molecule has 0 saturated carbocycles. The Kier molecular flexibility index (Phi) is 3.47. The van der Waals surface area contributed by atoms with E-state index in [9.17, 15) is 4.79 Å². The quantitative estimate of drug-likeness (QED) is 0.817. The number of carboxylic acid groups (broad SMARTS) is 1. The third-order valence-corrected chi connectivity index (χ3v) is 2.54. The van der Waals surface area contributed by atoms with Crippen molar-refractivity contribution < 1.29 is 9.90 Å². The van der Waals surface area contributed by atoms with Crippen molar-refractivity contribution in [1.29, 1.82) is 0 Å². The molecule has 1 aromatic rings. The van der Waals surface area contributed by atoms with Crippen molar-refractivity contribution in [2.75, 3.05) is 5.32 Å². The van der Waals surface area contributed by atoms with E-state index in [1.807, 2.05) is 13.8 Å². The van der Waals surface area contributed by atoms with E-state index in [1.165, 1.54) is 6.20 Å². The Morgan fingerprint density at radius 1 is 1.56 bits per heavy atom. The number of aromatic carboxylic acids is 1. The van der Waals surface area contributed by atoms with Crippen LogP contribution in [0.2, 0.25) is 0 Å². The minimum atomic E-state index is -1.00. The van der Waals surface area contributed by atoms with Crippen molar-refractivity contribution in [3.63, 3.8) is 0 Å². The molecular formula is C11H17N3O2. The van der Waals surface area contributed by atoms with Gasteiger partial charge in [0.15, 0.2) is 0 Å². The molecular weight excluding hydrogens is 206 g/mol. The van der Waals surface area contributed by atoms with Crippen LogP contribution in [0, 0.1) is 6.92 Å². The lowest BCUT2D eigenvalue weighted by molar-refractivity contribution is 0.0695. The van der Waals surface area contributed by atoms with E-state index in [0.29, 0.717) is 11.6 Å². The van der Waals surface area contributed by atoms with Crippen molar-refractivity contribution in [2.24, 2.45) is 0 Å². The van der Waals surface area contributed by atoms with Gasteiger partial charge in [-0.15, -0.1) is 0 Å². The maximum absolute atomic E-state index is 10.8. The van der Waals surface area contributed by atoms with Crippen molar-refractivity contribution >= 4 is 11.9 Å². The number of nitrogens with zero attached hydrogens (tertiary/aromatic N) is 2. The molecule has 0 aromatic carbocycles. The zero-order valence-electron chi connectivity index (χ0n) is 10.0. The smallest absolute Gasteiger partial charge is 0.339 e. The number of hydrogen-bond acceptors (Lipinski definition) is 4. The highest BCUT2D eigenvalue weighted by molar-refractivity contribution is 5.88. The molecule has 5 nitrogen and oxygen atoms in total. The van der Waals surface area contributed by atoms with Crippen LogP contribution in [0.25, 0.3) is 0 Å². The molecule has 0 bridgehead atoms. The van der Waals surface area contributed by atoms with E-state index in [-0.39, 0.29) is 11.1 Å². The van der Waals surface area contributed by atoms with Crippen molar-refractivity contribution in [3.05, 3.63) is 17.5 Å². The predicted molar refractivity (Wildman–Crippen MR) is 61.7 cm³/mol. The van der Waals surface area contributed by atoms with Gasteiger partial charge in [-0.3, -0.25) is 0 Å². The lowest BCUT2D eigenvalue weighted by atomic mass is 10.0. The molecule has 1 heterocycles. The molecule has 1 rings (SSSR count). The first-order valence-electron chi connectivity index (χ1n) is 5.21. The Balaban J connectivity index is 2.94. The summed E-state index contributed by atoms with van der Waals surface area (Å²) in [6.45, 7) is 7.80. The first-order valence-corrected chi connectivity index (χ1v) is 5.21. The number of carbonyl (C=O) groups is 1. The number of hydrogen-bond donors (Lipinski definition) is 2. The molecule has 88 valence electrons. The van der Waals surface area contributed by atoms with Crippen LogP contribution in [0.15, 0.2) is 6.20 Å². The third-order valence-electron chi connectivity index (χ3n) is 2.54. The second-order valence-corrected chi connectivity index (χ2v) is 4.36. The summed E-state index contributed by atoms with van der Waals surface area (Å²) >= 11 is 0. The molecule has 1 aromatic heterocycles. The zero-order chi connectivity index (χ0) is 12.3. The molecule has 2 N–H and O–H groups in total. The molecule has 0 aliphatic carbocycles. The molecule has 0 spiro atoms. The summed E-state index contributed by atoms with van der Waals surface area (Å²) in [7, 11) is 0. The maximum atomic E-state index is 10.8. The van der Waals surface area contributed by atoms with Gasteiger partial charge in [-0.2, -0.15) is 0 Å². The van der Waals surface area contributed by atoms with E-state index >= 15 is 0 Å². The lowest BCUT2D eigenvalue weighted by Gasteiger charge is -2.24. The molecule has 0 unspecified atom stereocenters. The molecule has 0 atom stereocenters. The summed E-state index contributed by atoms with van der Waals surface area (Å²) in [5, 5.41) is 12.0. The van der Waals surface area contributed by atoms with Gasteiger partial charge in [0.25, 0.3) is 0 Å². The van der Waals surface area contributed by atoms with Crippen LogP contribution in [-0.2, 0) is 0 Å². The number of aromatic nitrogens is 2. The van der Waals surface area contributed by atoms with Gasteiger partial charge < -0.3 is 10.4 Å². The van der Waals surface area contributed by atoms with Crippen molar-refractivity contribution in [3.8, 4) is 0 Å². The van der Waals surface area contributed by atoms with Crippen LogP contribution in [0.1, 0.15) is 43.2 Å². The highest BCUT2D eigenvalue weighted by atomic mass is 16.4.